The summed E-state index contributed by atoms with van der Waals surface area (Å²) >= 11 is 0. The van der Waals surface area contributed by atoms with E-state index in [0.717, 1.165) is 12.8 Å². The van der Waals surface area contributed by atoms with Crippen LogP contribution < -0.4 is 4.74 Å². The van der Waals surface area contributed by atoms with Crippen LogP contribution in [-0.4, -0.2) is 42.1 Å². The van der Waals surface area contributed by atoms with Gasteiger partial charge in [0.25, 0.3) is 0 Å². The number of hydrogen-bond donors (Lipinski definition) is 2. The molecule has 1 rings (SSSR count). The van der Waals surface area contributed by atoms with E-state index in [4.69, 9.17) is 14.6 Å². The highest BCUT2D eigenvalue weighted by atomic mass is 16.5. The van der Waals surface area contributed by atoms with Crippen LogP contribution in [0.15, 0.2) is 24.3 Å². The minimum atomic E-state index is -1.04. The minimum Gasteiger partial charge on any atom is -0.490 e. The normalized spacial score (nSPS) is 12.1. The molecule has 0 bridgehead atoms. The summed E-state index contributed by atoms with van der Waals surface area (Å²) in [5, 5.41) is 19.1. The first-order chi connectivity index (χ1) is 16.1. The Balaban J connectivity index is 1.84. The van der Waals surface area contributed by atoms with E-state index in [1.807, 2.05) is 0 Å². The summed E-state index contributed by atoms with van der Waals surface area (Å²) < 4.78 is 11.0. The molecule has 0 aliphatic rings. The quantitative estimate of drug-likeness (QED) is 0.165. The number of unbranched alkanes of at least 4 members (excludes halogenated alkanes) is 15. The van der Waals surface area contributed by atoms with Crippen molar-refractivity contribution in [2.24, 2.45) is 0 Å². The monoisotopic (exact) mass is 464 g/mol. The van der Waals surface area contributed by atoms with Crippen molar-refractivity contribution in [1.29, 1.82) is 0 Å². The van der Waals surface area contributed by atoms with E-state index in [-0.39, 0.29) is 24.5 Å². The Kier molecular flexibility index (Phi) is 18.7. The van der Waals surface area contributed by atoms with Crippen molar-refractivity contribution in [3.63, 3.8) is 0 Å². The van der Waals surface area contributed by atoms with Crippen LogP contribution in [0.25, 0.3) is 0 Å². The van der Waals surface area contributed by atoms with Crippen molar-refractivity contribution in [3.05, 3.63) is 29.8 Å². The summed E-state index contributed by atoms with van der Waals surface area (Å²) in [4.78, 5) is 11.2. The van der Waals surface area contributed by atoms with Crippen molar-refractivity contribution >= 4 is 5.97 Å². The topological polar surface area (TPSA) is 76.0 Å². The van der Waals surface area contributed by atoms with Gasteiger partial charge in [0.2, 0.25) is 0 Å². The predicted molar refractivity (Wildman–Crippen MR) is 135 cm³/mol. The molecule has 1 aromatic rings. The van der Waals surface area contributed by atoms with Crippen LogP contribution in [0.1, 0.15) is 120 Å². The Hall–Kier alpha value is -1.59. The molecule has 0 heterocycles. The van der Waals surface area contributed by atoms with Gasteiger partial charge in [-0.1, -0.05) is 115 Å². The third kappa shape index (κ3) is 16.6. The maximum atomic E-state index is 11.2. The van der Waals surface area contributed by atoms with E-state index in [9.17, 15) is 9.90 Å². The average Bonchev–Trinajstić information content (AvgIpc) is 2.82. The Bertz CT molecular complexity index is 589. The Morgan fingerprint density at radius 2 is 1.24 bits per heavy atom. The number of hydrogen-bond acceptors (Lipinski definition) is 4. The minimum absolute atomic E-state index is 0.0171. The van der Waals surface area contributed by atoms with Crippen LogP contribution in [0.5, 0.6) is 5.75 Å². The van der Waals surface area contributed by atoms with Crippen molar-refractivity contribution in [2.75, 3.05) is 19.8 Å². The van der Waals surface area contributed by atoms with Gasteiger partial charge in [0.05, 0.1) is 6.61 Å². The first kappa shape index (κ1) is 29.4. The first-order valence-electron chi connectivity index (χ1n) is 13.4. The molecule has 1 atom stereocenters. The van der Waals surface area contributed by atoms with Gasteiger partial charge in [0.1, 0.15) is 24.0 Å². The molecule has 0 aromatic heterocycles. The lowest BCUT2D eigenvalue weighted by Crippen LogP contribution is -2.24. The Labute approximate surface area is 201 Å². The van der Waals surface area contributed by atoms with E-state index in [2.05, 4.69) is 6.92 Å². The summed E-state index contributed by atoms with van der Waals surface area (Å²) in [6, 6.07) is 6.43. The van der Waals surface area contributed by atoms with Crippen molar-refractivity contribution in [3.8, 4) is 5.75 Å². The standard InChI is InChI=1S/C28H48O5/c1-2-3-4-5-6-7-8-9-10-11-12-13-14-15-16-19-22-32-23-25(29)24-33-27-21-18-17-20-26(27)28(30)31/h17-18,20-21,25,29H,2-16,19,22-24H2,1H3,(H,30,31). The molecule has 0 aliphatic carbocycles. The summed E-state index contributed by atoms with van der Waals surface area (Å²) in [5.74, 6) is -0.776. The van der Waals surface area contributed by atoms with Crippen LogP contribution >= 0.6 is 0 Å². The van der Waals surface area contributed by atoms with Gasteiger partial charge in [-0.15, -0.1) is 0 Å². The molecule has 0 saturated carbocycles. The zero-order valence-corrected chi connectivity index (χ0v) is 20.9. The predicted octanol–water partition coefficient (Wildman–Crippen LogP) is 7.40. The maximum absolute atomic E-state index is 11.2. The van der Waals surface area contributed by atoms with Gasteiger partial charge in [0, 0.05) is 6.61 Å². The van der Waals surface area contributed by atoms with E-state index >= 15 is 0 Å². The number of carbonyl (C=O) groups is 1. The van der Waals surface area contributed by atoms with Crippen LogP contribution in [0.2, 0.25) is 0 Å². The smallest absolute Gasteiger partial charge is 0.339 e. The number of aliphatic hydroxyl groups is 1. The van der Waals surface area contributed by atoms with Gasteiger partial charge < -0.3 is 19.7 Å². The zero-order chi connectivity index (χ0) is 24.0. The molecular formula is C28H48O5. The summed E-state index contributed by atoms with van der Waals surface area (Å²) in [6.45, 7) is 3.13. The summed E-state index contributed by atoms with van der Waals surface area (Å²) in [6.07, 6.45) is 20.7. The fraction of sp³-hybridized carbons (Fsp3) is 0.750. The summed E-state index contributed by atoms with van der Waals surface area (Å²) in [7, 11) is 0. The highest BCUT2D eigenvalue weighted by Crippen LogP contribution is 2.18. The number of aliphatic hydroxyl groups excluding tert-OH is 1. The highest BCUT2D eigenvalue weighted by molar-refractivity contribution is 5.90. The highest BCUT2D eigenvalue weighted by Gasteiger charge is 2.12. The largest absolute Gasteiger partial charge is 0.490 e. The number of carboxylic acids is 1. The van der Waals surface area contributed by atoms with E-state index in [1.165, 1.54) is 96.0 Å². The lowest BCUT2D eigenvalue weighted by atomic mass is 10.0. The van der Waals surface area contributed by atoms with Gasteiger partial charge in [0.15, 0.2) is 0 Å². The number of rotatable bonds is 23. The molecule has 0 radical (unpaired) electrons. The second kappa shape index (κ2) is 21.0. The van der Waals surface area contributed by atoms with Gasteiger partial charge >= 0.3 is 5.97 Å². The molecular weight excluding hydrogens is 416 g/mol. The van der Waals surface area contributed by atoms with Gasteiger partial charge in [-0.05, 0) is 18.6 Å². The third-order valence-corrected chi connectivity index (χ3v) is 6.00. The molecule has 0 aliphatic heterocycles. The Morgan fingerprint density at radius 1 is 0.758 bits per heavy atom. The Morgan fingerprint density at radius 3 is 1.76 bits per heavy atom. The molecule has 0 saturated heterocycles. The lowest BCUT2D eigenvalue weighted by molar-refractivity contribution is 0.0106. The lowest BCUT2D eigenvalue weighted by Gasteiger charge is -2.14. The SMILES string of the molecule is CCCCCCCCCCCCCCCCCCOCC(O)COc1ccccc1C(=O)O. The van der Waals surface area contributed by atoms with E-state index in [1.54, 1.807) is 18.2 Å². The molecule has 2 N–H and O–H groups in total. The number of para-hydroxylation sites is 1. The zero-order valence-electron chi connectivity index (χ0n) is 20.9. The van der Waals surface area contributed by atoms with Crippen molar-refractivity contribution < 1.29 is 24.5 Å². The average molecular weight is 465 g/mol. The van der Waals surface area contributed by atoms with Gasteiger partial charge in [-0.25, -0.2) is 4.79 Å². The third-order valence-electron chi connectivity index (χ3n) is 6.00. The van der Waals surface area contributed by atoms with E-state index < -0.39 is 12.1 Å². The van der Waals surface area contributed by atoms with Crippen molar-refractivity contribution in [1.82, 2.24) is 0 Å². The van der Waals surface area contributed by atoms with Crippen LogP contribution in [0.4, 0.5) is 0 Å². The van der Waals surface area contributed by atoms with Crippen molar-refractivity contribution in [2.45, 2.75) is 116 Å². The molecule has 5 heteroatoms. The summed E-state index contributed by atoms with van der Waals surface area (Å²) in [5.41, 5.74) is 0.0961. The number of benzene rings is 1. The molecule has 1 unspecified atom stereocenters. The second-order valence-corrected chi connectivity index (χ2v) is 9.14. The molecule has 0 fully saturated rings. The first-order valence-corrected chi connectivity index (χ1v) is 13.4. The van der Waals surface area contributed by atoms with Gasteiger partial charge in [-0.2, -0.15) is 0 Å². The second-order valence-electron chi connectivity index (χ2n) is 9.14. The molecule has 5 nitrogen and oxygen atoms in total. The van der Waals surface area contributed by atoms with Crippen LogP contribution in [0, 0.1) is 0 Å². The fourth-order valence-electron chi connectivity index (χ4n) is 3.97. The number of carboxylic acid groups (broad SMARTS) is 1. The van der Waals surface area contributed by atoms with Crippen LogP contribution in [-0.2, 0) is 4.74 Å². The molecule has 33 heavy (non-hydrogen) atoms. The maximum Gasteiger partial charge on any atom is 0.339 e. The molecule has 0 amide bonds. The number of ether oxygens (including phenoxy) is 2. The van der Waals surface area contributed by atoms with Crippen LogP contribution in [0.3, 0.4) is 0 Å². The molecule has 1 aromatic carbocycles. The number of aromatic carboxylic acids is 1. The fourth-order valence-corrected chi connectivity index (χ4v) is 3.97. The molecule has 190 valence electrons. The van der Waals surface area contributed by atoms with Gasteiger partial charge in [-0.3, -0.25) is 0 Å². The van der Waals surface area contributed by atoms with E-state index in [0.29, 0.717) is 6.61 Å². The molecule has 0 spiro atoms.